The Balaban J connectivity index is 2.17. The van der Waals surface area contributed by atoms with Gasteiger partial charge in [-0.05, 0) is 35.2 Å². The molecule has 0 aliphatic carbocycles. The van der Waals surface area contributed by atoms with E-state index < -0.39 is 17.8 Å². The van der Waals surface area contributed by atoms with Crippen LogP contribution in [0.3, 0.4) is 0 Å². The molecule has 1 amide bonds. The summed E-state index contributed by atoms with van der Waals surface area (Å²) in [6, 6.07) is 9.18. The van der Waals surface area contributed by atoms with Gasteiger partial charge in [-0.25, -0.2) is 0 Å². The number of hydrogen-bond donors (Lipinski definition) is 1. The van der Waals surface area contributed by atoms with E-state index in [2.05, 4.69) is 31.1 Å². The molecule has 3 nitrogen and oxygen atoms in total. The zero-order valence-electron chi connectivity index (χ0n) is 12.1. The lowest BCUT2D eigenvalue weighted by molar-refractivity contribution is 0.102. The van der Waals surface area contributed by atoms with Crippen LogP contribution in [0.25, 0.3) is 0 Å². The minimum Gasteiger partial charge on any atom is -0.318 e. The van der Waals surface area contributed by atoms with Gasteiger partial charge in [-0.1, -0.05) is 32.9 Å². The highest BCUT2D eigenvalue weighted by atomic mass is 19.1. The highest BCUT2D eigenvalue weighted by Gasteiger charge is 2.15. The molecule has 0 saturated carbocycles. The molecular formula is C16H16F2N2O. The smallest absolute Gasteiger partial charge is 0.255 e. The number of nitrogens with zero attached hydrogens (tertiary/aromatic N) is 1. The number of hydrogen-bond acceptors (Lipinski definition) is 2. The van der Waals surface area contributed by atoms with Crippen LogP contribution in [0.4, 0.5) is 14.5 Å². The summed E-state index contributed by atoms with van der Waals surface area (Å²) >= 11 is 0. The SMILES string of the molecule is CC(C)(C)c1ccc(C(=O)Nc2ccc(F)nc2F)cc1. The lowest BCUT2D eigenvalue weighted by Crippen LogP contribution is -2.15. The van der Waals surface area contributed by atoms with Crippen molar-refractivity contribution in [1.82, 2.24) is 4.98 Å². The summed E-state index contributed by atoms with van der Waals surface area (Å²) in [6.45, 7) is 6.21. The molecule has 0 saturated heterocycles. The van der Waals surface area contributed by atoms with Gasteiger partial charge in [0.2, 0.25) is 11.9 Å². The van der Waals surface area contributed by atoms with Crippen LogP contribution in [0.1, 0.15) is 36.7 Å². The third kappa shape index (κ3) is 3.62. The normalized spacial score (nSPS) is 11.3. The van der Waals surface area contributed by atoms with E-state index in [4.69, 9.17) is 0 Å². The Hall–Kier alpha value is -2.30. The molecule has 0 unspecified atom stereocenters. The molecule has 5 heteroatoms. The van der Waals surface area contributed by atoms with Gasteiger partial charge in [-0.15, -0.1) is 0 Å². The monoisotopic (exact) mass is 290 g/mol. The summed E-state index contributed by atoms with van der Waals surface area (Å²) in [6.07, 6.45) is 0. The van der Waals surface area contributed by atoms with E-state index in [0.717, 1.165) is 17.7 Å². The number of carbonyl (C=O) groups is 1. The molecule has 2 aromatic rings. The number of benzene rings is 1. The van der Waals surface area contributed by atoms with E-state index in [9.17, 15) is 13.6 Å². The van der Waals surface area contributed by atoms with Crippen molar-refractivity contribution in [2.24, 2.45) is 0 Å². The average Bonchev–Trinajstić information content (AvgIpc) is 2.41. The standard InChI is InChI=1S/C16H16F2N2O/c1-16(2,3)11-6-4-10(5-7-11)15(21)19-12-8-9-13(17)20-14(12)18/h4-9H,1-3H3,(H,19,21). The van der Waals surface area contributed by atoms with Crippen molar-refractivity contribution in [2.45, 2.75) is 26.2 Å². The Morgan fingerprint density at radius 3 is 2.19 bits per heavy atom. The predicted octanol–water partition coefficient (Wildman–Crippen LogP) is 3.91. The maximum Gasteiger partial charge on any atom is 0.255 e. The van der Waals surface area contributed by atoms with E-state index >= 15 is 0 Å². The fourth-order valence-corrected chi connectivity index (χ4v) is 1.82. The van der Waals surface area contributed by atoms with E-state index in [1.165, 1.54) is 0 Å². The second kappa shape index (κ2) is 5.60. The fraction of sp³-hybridized carbons (Fsp3) is 0.250. The molecule has 2 rings (SSSR count). The summed E-state index contributed by atoms with van der Waals surface area (Å²) in [7, 11) is 0. The van der Waals surface area contributed by atoms with Crippen molar-refractivity contribution in [3.05, 3.63) is 59.4 Å². The number of amides is 1. The molecule has 1 aromatic carbocycles. The van der Waals surface area contributed by atoms with Crippen LogP contribution in [0.5, 0.6) is 0 Å². The Kier molecular flexibility index (Phi) is 4.02. The van der Waals surface area contributed by atoms with Crippen LogP contribution >= 0.6 is 0 Å². The Morgan fingerprint density at radius 1 is 1.05 bits per heavy atom. The molecule has 0 fully saturated rings. The van der Waals surface area contributed by atoms with Gasteiger partial charge in [0.15, 0.2) is 0 Å². The number of carbonyl (C=O) groups excluding carboxylic acids is 1. The maximum atomic E-state index is 13.4. The van der Waals surface area contributed by atoms with Crippen molar-refractivity contribution in [1.29, 1.82) is 0 Å². The zero-order chi connectivity index (χ0) is 15.6. The largest absolute Gasteiger partial charge is 0.318 e. The first-order valence-electron chi connectivity index (χ1n) is 6.51. The second-order valence-electron chi connectivity index (χ2n) is 5.75. The molecule has 1 aromatic heterocycles. The summed E-state index contributed by atoms with van der Waals surface area (Å²) in [5.41, 5.74) is 1.32. The van der Waals surface area contributed by atoms with Crippen molar-refractivity contribution < 1.29 is 13.6 Å². The van der Waals surface area contributed by atoms with Gasteiger partial charge >= 0.3 is 0 Å². The summed E-state index contributed by atoms with van der Waals surface area (Å²) in [4.78, 5) is 15.0. The topological polar surface area (TPSA) is 42.0 Å². The van der Waals surface area contributed by atoms with Gasteiger partial charge in [0, 0.05) is 5.56 Å². The molecular weight excluding hydrogens is 274 g/mol. The number of halogens is 2. The number of pyridine rings is 1. The number of nitrogens with one attached hydrogen (secondary N) is 1. The minimum atomic E-state index is -1.05. The highest BCUT2D eigenvalue weighted by Crippen LogP contribution is 2.22. The van der Waals surface area contributed by atoms with E-state index in [1.807, 2.05) is 12.1 Å². The van der Waals surface area contributed by atoms with Crippen LogP contribution in [-0.2, 0) is 5.41 Å². The van der Waals surface area contributed by atoms with Crippen molar-refractivity contribution in [2.75, 3.05) is 5.32 Å². The van der Waals surface area contributed by atoms with Crippen LogP contribution in [-0.4, -0.2) is 10.9 Å². The van der Waals surface area contributed by atoms with E-state index in [1.54, 1.807) is 12.1 Å². The molecule has 0 bridgehead atoms. The van der Waals surface area contributed by atoms with Crippen LogP contribution in [0.15, 0.2) is 36.4 Å². The Bertz CT molecular complexity index is 661. The number of anilines is 1. The zero-order valence-corrected chi connectivity index (χ0v) is 12.1. The third-order valence-corrected chi connectivity index (χ3v) is 3.08. The lowest BCUT2D eigenvalue weighted by Gasteiger charge is -2.19. The molecule has 1 heterocycles. The first kappa shape index (κ1) is 15.1. The lowest BCUT2D eigenvalue weighted by atomic mass is 9.87. The van der Waals surface area contributed by atoms with Gasteiger partial charge in [0.1, 0.15) is 0 Å². The molecule has 0 spiro atoms. The summed E-state index contributed by atoms with van der Waals surface area (Å²) in [5, 5.41) is 2.37. The van der Waals surface area contributed by atoms with Crippen LogP contribution < -0.4 is 5.32 Å². The van der Waals surface area contributed by atoms with Crippen molar-refractivity contribution in [3.63, 3.8) is 0 Å². The van der Waals surface area contributed by atoms with Gasteiger partial charge < -0.3 is 5.32 Å². The van der Waals surface area contributed by atoms with Crippen LogP contribution in [0, 0.1) is 11.9 Å². The third-order valence-electron chi connectivity index (χ3n) is 3.08. The molecule has 1 N–H and O–H groups in total. The van der Waals surface area contributed by atoms with E-state index in [0.29, 0.717) is 5.56 Å². The highest BCUT2D eigenvalue weighted by molar-refractivity contribution is 6.04. The second-order valence-corrected chi connectivity index (χ2v) is 5.75. The average molecular weight is 290 g/mol. The number of rotatable bonds is 2. The molecule has 21 heavy (non-hydrogen) atoms. The number of aromatic nitrogens is 1. The predicted molar refractivity (Wildman–Crippen MR) is 77.2 cm³/mol. The molecule has 0 atom stereocenters. The van der Waals surface area contributed by atoms with Crippen molar-refractivity contribution >= 4 is 11.6 Å². The fourth-order valence-electron chi connectivity index (χ4n) is 1.82. The van der Waals surface area contributed by atoms with Gasteiger partial charge in [-0.2, -0.15) is 13.8 Å². The Labute approximate surface area is 122 Å². The minimum absolute atomic E-state index is 0.0119. The van der Waals surface area contributed by atoms with E-state index in [-0.39, 0.29) is 11.1 Å². The molecule has 0 aliphatic heterocycles. The molecule has 0 aliphatic rings. The van der Waals surface area contributed by atoms with Gasteiger partial charge in [0.25, 0.3) is 5.91 Å². The van der Waals surface area contributed by atoms with Crippen molar-refractivity contribution in [3.8, 4) is 0 Å². The van der Waals surface area contributed by atoms with Crippen LogP contribution in [0.2, 0.25) is 0 Å². The quantitative estimate of drug-likeness (QED) is 0.852. The summed E-state index contributed by atoms with van der Waals surface area (Å²) in [5.74, 6) is -2.45. The first-order valence-corrected chi connectivity index (χ1v) is 6.51. The Morgan fingerprint density at radius 2 is 1.67 bits per heavy atom. The first-order chi connectivity index (χ1) is 9.77. The van der Waals surface area contributed by atoms with Gasteiger partial charge in [0.05, 0.1) is 5.69 Å². The molecule has 110 valence electrons. The molecule has 0 radical (unpaired) electrons. The maximum absolute atomic E-state index is 13.4. The van der Waals surface area contributed by atoms with Gasteiger partial charge in [-0.3, -0.25) is 4.79 Å². The summed E-state index contributed by atoms with van der Waals surface area (Å²) < 4.78 is 26.1.